The summed E-state index contributed by atoms with van der Waals surface area (Å²) in [6, 6.07) is 52.6. The summed E-state index contributed by atoms with van der Waals surface area (Å²) in [7, 11) is 4.49. The maximum absolute atomic E-state index is 9.59. The van der Waals surface area contributed by atoms with Crippen LogP contribution in [0.25, 0.3) is 38.8 Å². The molecule has 316 valence electrons. The standard InChI is InChI=1S/C55H52N5O.Pt/c1-53(2,3)39-25-26-57-52(32-39)60-49-24-21-38(37-16-13-15-36(27-37)35-56)28-47(49)46-23-22-45(34-51(46)60)61-44-18-14-17-43(33-44)59(10)50-20-12-11-19-48(50)58-42-30-40(54(4,5)6)29-41(31-42)55(7,8)9;/h11-32,58H,10H2,1-9H3;/q-3;. The maximum atomic E-state index is 9.59. The van der Waals surface area contributed by atoms with Crippen LogP contribution in [-0.4, -0.2) is 9.55 Å². The van der Waals surface area contributed by atoms with Crippen molar-refractivity contribution in [3.8, 4) is 34.5 Å². The quantitative estimate of drug-likeness (QED) is 0.154. The Morgan fingerprint density at radius 2 is 1.34 bits per heavy atom. The Morgan fingerprint density at radius 1 is 0.661 bits per heavy atom. The third-order valence-corrected chi connectivity index (χ3v) is 11.2. The van der Waals surface area contributed by atoms with Crippen LogP contribution >= 0.6 is 0 Å². The van der Waals surface area contributed by atoms with Gasteiger partial charge in [-0.05, 0) is 104 Å². The van der Waals surface area contributed by atoms with Crippen LogP contribution in [0.2, 0.25) is 0 Å². The van der Waals surface area contributed by atoms with E-state index in [1.165, 1.54) is 16.7 Å². The van der Waals surface area contributed by atoms with E-state index in [-0.39, 0.29) is 37.3 Å². The Morgan fingerprint density at radius 3 is 2.05 bits per heavy atom. The van der Waals surface area contributed by atoms with E-state index in [4.69, 9.17) is 9.72 Å². The minimum atomic E-state index is -0.0695. The molecule has 7 heteroatoms. The molecule has 0 fully saturated rings. The van der Waals surface area contributed by atoms with E-state index in [1.54, 1.807) is 0 Å². The fraction of sp³-hybridized carbons (Fsp3) is 0.218. The van der Waals surface area contributed by atoms with Gasteiger partial charge in [0.05, 0.1) is 17.3 Å². The number of anilines is 4. The number of ether oxygens (including phenoxy) is 1. The van der Waals surface area contributed by atoms with Crippen molar-refractivity contribution in [2.24, 2.45) is 0 Å². The van der Waals surface area contributed by atoms with Gasteiger partial charge in [-0.1, -0.05) is 110 Å². The summed E-state index contributed by atoms with van der Waals surface area (Å²) in [4.78, 5) is 6.76. The molecule has 6 aromatic carbocycles. The summed E-state index contributed by atoms with van der Waals surface area (Å²) < 4.78 is 8.73. The second-order valence-electron chi connectivity index (χ2n) is 18.9. The SMILES string of the molecule is [CH2-]N(c1[c-]c(Oc2[c-]c3c(cc2)c2cc(-c4cccc(C#N)c4)ccc2n3-c2cc(C(C)(C)C)ccn2)ccc1)c1ccccc1Nc1cc(C(C)(C)C)cc(C(C)(C)C)c1.[Pt]. The first-order valence-electron chi connectivity index (χ1n) is 20.8. The Hall–Kier alpha value is -6.15. The van der Waals surface area contributed by atoms with Gasteiger partial charge in [-0.3, -0.25) is 7.05 Å². The van der Waals surface area contributed by atoms with E-state index in [9.17, 15) is 5.26 Å². The number of para-hydroxylation sites is 2. The number of nitrogens with zero attached hydrogens (tertiary/aromatic N) is 4. The predicted octanol–water partition coefficient (Wildman–Crippen LogP) is 14.7. The number of benzene rings is 6. The molecule has 2 aromatic heterocycles. The number of fused-ring (bicyclic) bond motifs is 3. The van der Waals surface area contributed by atoms with E-state index in [0.29, 0.717) is 17.1 Å². The Balaban J connectivity index is 0.00000578. The predicted molar refractivity (Wildman–Crippen MR) is 253 cm³/mol. The molecule has 1 N–H and O–H groups in total. The molecule has 0 amide bonds. The summed E-state index contributed by atoms with van der Waals surface area (Å²) in [5, 5.41) is 15.4. The molecule has 0 saturated carbocycles. The summed E-state index contributed by atoms with van der Waals surface area (Å²) in [6.45, 7) is 20.1. The Kier molecular flexibility index (Phi) is 12.0. The van der Waals surface area contributed by atoms with Gasteiger partial charge in [-0.15, -0.1) is 41.4 Å². The van der Waals surface area contributed by atoms with Gasteiger partial charge in [0.15, 0.2) is 0 Å². The summed E-state index contributed by atoms with van der Waals surface area (Å²) in [5.74, 6) is 1.88. The number of pyridine rings is 1. The molecule has 0 saturated heterocycles. The first-order valence-corrected chi connectivity index (χ1v) is 20.8. The van der Waals surface area contributed by atoms with E-state index < -0.39 is 0 Å². The van der Waals surface area contributed by atoms with Crippen molar-refractivity contribution in [3.63, 3.8) is 0 Å². The van der Waals surface area contributed by atoms with Crippen molar-refractivity contribution in [1.82, 2.24) is 9.55 Å². The largest absolute Gasteiger partial charge is 0.516 e. The van der Waals surface area contributed by atoms with E-state index in [2.05, 4.69) is 164 Å². The summed E-state index contributed by atoms with van der Waals surface area (Å²) >= 11 is 0. The van der Waals surface area contributed by atoms with Gasteiger partial charge in [0.1, 0.15) is 5.82 Å². The van der Waals surface area contributed by atoms with Gasteiger partial charge in [-0.2, -0.15) is 17.4 Å². The average molecular weight is 994 g/mol. The van der Waals surface area contributed by atoms with Crippen molar-refractivity contribution < 1.29 is 25.8 Å². The van der Waals surface area contributed by atoms with E-state index in [0.717, 1.165) is 61.5 Å². The van der Waals surface area contributed by atoms with Crippen LogP contribution in [0.4, 0.5) is 22.7 Å². The molecule has 0 radical (unpaired) electrons. The first kappa shape index (κ1) is 43.9. The Labute approximate surface area is 381 Å². The molecular formula is C55H52N5OPt-3. The van der Waals surface area contributed by atoms with Gasteiger partial charge in [0, 0.05) is 55.7 Å². The molecule has 62 heavy (non-hydrogen) atoms. The van der Waals surface area contributed by atoms with Crippen LogP contribution < -0.4 is 15.0 Å². The number of hydrogen-bond donors (Lipinski definition) is 1. The topological polar surface area (TPSA) is 66.1 Å². The van der Waals surface area contributed by atoms with Crippen LogP contribution in [0, 0.1) is 30.5 Å². The maximum Gasteiger partial charge on any atom is 0.135 e. The molecule has 0 atom stereocenters. The summed E-state index contributed by atoms with van der Waals surface area (Å²) in [5.41, 5.74) is 11.7. The van der Waals surface area contributed by atoms with E-state index in [1.807, 2.05) is 71.8 Å². The second-order valence-corrected chi connectivity index (χ2v) is 18.9. The third kappa shape index (κ3) is 9.06. The zero-order valence-corrected chi connectivity index (χ0v) is 39.2. The minimum Gasteiger partial charge on any atom is -0.516 e. The molecule has 0 spiro atoms. The molecule has 8 rings (SSSR count). The first-order chi connectivity index (χ1) is 29.0. The van der Waals surface area contributed by atoms with Gasteiger partial charge in [0.2, 0.25) is 0 Å². The van der Waals surface area contributed by atoms with Gasteiger partial charge in [-0.25, -0.2) is 4.98 Å². The van der Waals surface area contributed by atoms with Crippen molar-refractivity contribution in [1.29, 1.82) is 5.26 Å². The van der Waals surface area contributed by atoms with E-state index >= 15 is 0 Å². The normalized spacial score (nSPS) is 11.9. The van der Waals surface area contributed by atoms with Crippen molar-refractivity contribution in [2.75, 3.05) is 10.2 Å². The second kappa shape index (κ2) is 17.0. The van der Waals surface area contributed by atoms with Gasteiger partial charge >= 0.3 is 0 Å². The number of rotatable bonds is 8. The van der Waals surface area contributed by atoms with Crippen molar-refractivity contribution in [2.45, 2.75) is 78.6 Å². The average Bonchev–Trinajstić information content (AvgIpc) is 3.55. The number of aromatic nitrogens is 2. The van der Waals surface area contributed by atoms with Crippen molar-refractivity contribution >= 4 is 44.6 Å². The fourth-order valence-corrected chi connectivity index (χ4v) is 7.61. The van der Waals surface area contributed by atoms with Crippen LogP contribution in [0.3, 0.4) is 0 Å². The zero-order chi connectivity index (χ0) is 43.3. The Bertz CT molecular complexity index is 2940. The van der Waals surface area contributed by atoms with Crippen LogP contribution in [-0.2, 0) is 37.3 Å². The zero-order valence-electron chi connectivity index (χ0n) is 36.9. The molecule has 0 aliphatic heterocycles. The smallest absolute Gasteiger partial charge is 0.135 e. The number of hydrogen-bond acceptors (Lipinski definition) is 5. The number of nitrogens with one attached hydrogen (secondary N) is 1. The molecule has 2 heterocycles. The van der Waals surface area contributed by atoms with Crippen LogP contribution in [0.15, 0.2) is 134 Å². The van der Waals surface area contributed by atoms with Crippen molar-refractivity contribution in [3.05, 3.63) is 175 Å². The molecule has 8 aromatic rings. The monoisotopic (exact) mass is 993 g/mol. The molecule has 0 bridgehead atoms. The van der Waals surface area contributed by atoms with Gasteiger partial charge < -0.3 is 19.5 Å². The molecule has 6 nitrogen and oxygen atoms in total. The summed E-state index contributed by atoms with van der Waals surface area (Å²) in [6.07, 6.45) is 1.88. The fourth-order valence-electron chi connectivity index (χ4n) is 7.61. The minimum absolute atomic E-state index is 0. The third-order valence-electron chi connectivity index (χ3n) is 11.2. The van der Waals surface area contributed by atoms with Crippen LogP contribution in [0.5, 0.6) is 11.5 Å². The molecule has 0 unspecified atom stereocenters. The molecule has 0 aliphatic rings. The number of nitriles is 1. The van der Waals surface area contributed by atoms with Gasteiger partial charge in [0.25, 0.3) is 0 Å². The molecule has 0 aliphatic carbocycles. The van der Waals surface area contributed by atoms with Crippen LogP contribution in [0.1, 0.15) is 84.6 Å². The molecular weight excluding hydrogens is 942 g/mol.